The Labute approximate surface area is 99.7 Å². The lowest BCUT2D eigenvalue weighted by atomic mass is 10.1. The van der Waals surface area contributed by atoms with Gasteiger partial charge in [0.05, 0.1) is 12.3 Å². The van der Waals surface area contributed by atoms with Gasteiger partial charge in [-0.1, -0.05) is 19.1 Å². The average molecular weight is 237 g/mol. The van der Waals surface area contributed by atoms with E-state index in [-0.39, 0.29) is 12.4 Å². The summed E-state index contributed by atoms with van der Waals surface area (Å²) < 4.78 is 4.58. The normalized spacial score (nSPS) is 9.53. The van der Waals surface area contributed by atoms with Gasteiger partial charge in [0, 0.05) is 12.0 Å². The highest BCUT2D eigenvalue weighted by Gasteiger charge is 2.10. The summed E-state index contributed by atoms with van der Waals surface area (Å²) >= 11 is 0. The Morgan fingerprint density at radius 1 is 1.24 bits per heavy atom. The molecule has 17 heavy (non-hydrogen) atoms. The van der Waals surface area contributed by atoms with E-state index in [1.165, 1.54) is 0 Å². The van der Waals surface area contributed by atoms with Crippen LogP contribution in [-0.2, 0) is 9.57 Å². The van der Waals surface area contributed by atoms with Gasteiger partial charge in [0.25, 0.3) is 0 Å². The molecule has 0 spiro atoms. The van der Waals surface area contributed by atoms with Gasteiger partial charge in [0.15, 0.2) is 5.78 Å². The van der Waals surface area contributed by atoms with Crippen LogP contribution in [0.5, 0.6) is 0 Å². The predicted molar refractivity (Wildman–Crippen MR) is 62.8 cm³/mol. The monoisotopic (exact) mass is 237 g/mol. The third kappa shape index (κ3) is 3.79. The number of para-hydroxylation sites is 1. The topological polar surface area (TPSA) is 64.6 Å². The zero-order valence-corrected chi connectivity index (χ0v) is 9.86. The zero-order valence-electron chi connectivity index (χ0n) is 9.86. The summed E-state index contributed by atoms with van der Waals surface area (Å²) in [6, 6.07) is 6.81. The van der Waals surface area contributed by atoms with Gasteiger partial charge in [-0.05, 0) is 19.1 Å². The van der Waals surface area contributed by atoms with Crippen LogP contribution >= 0.6 is 0 Å². The minimum atomic E-state index is -0.828. The number of ether oxygens (including phenoxy) is 1. The van der Waals surface area contributed by atoms with Crippen LogP contribution in [0.4, 0.5) is 10.5 Å². The van der Waals surface area contributed by atoms with Crippen LogP contribution in [-0.4, -0.2) is 18.5 Å². The Balaban J connectivity index is 2.70. The van der Waals surface area contributed by atoms with E-state index < -0.39 is 6.16 Å². The highest BCUT2D eigenvalue weighted by atomic mass is 16.8. The van der Waals surface area contributed by atoms with Crippen molar-refractivity contribution in [2.24, 2.45) is 0 Å². The van der Waals surface area contributed by atoms with Crippen LogP contribution in [0.2, 0.25) is 0 Å². The number of ketones is 1. The van der Waals surface area contributed by atoms with Crippen molar-refractivity contribution in [3.05, 3.63) is 29.8 Å². The standard InChI is InChI=1S/C12H15NO4/c1-3-11(14)9-7-5-6-8-10(9)13-17-12(15)16-4-2/h5-8,13H,3-4H2,1-2H3. The lowest BCUT2D eigenvalue weighted by molar-refractivity contribution is 0.0758. The van der Waals surface area contributed by atoms with Crippen LogP contribution in [0.1, 0.15) is 30.6 Å². The van der Waals surface area contributed by atoms with Crippen LogP contribution in [0.15, 0.2) is 24.3 Å². The Morgan fingerprint density at radius 3 is 2.59 bits per heavy atom. The molecule has 0 atom stereocenters. The number of nitrogens with one attached hydrogen (secondary N) is 1. The van der Waals surface area contributed by atoms with E-state index >= 15 is 0 Å². The predicted octanol–water partition coefficient (Wildman–Crippen LogP) is 2.78. The van der Waals surface area contributed by atoms with Crippen molar-refractivity contribution in [1.82, 2.24) is 0 Å². The molecule has 1 aromatic rings. The molecule has 0 radical (unpaired) electrons. The van der Waals surface area contributed by atoms with Gasteiger partial charge in [-0.25, -0.2) is 10.3 Å². The lowest BCUT2D eigenvalue weighted by Crippen LogP contribution is -2.14. The molecule has 0 unspecified atom stereocenters. The van der Waals surface area contributed by atoms with Gasteiger partial charge in [-0.15, -0.1) is 0 Å². The van der Waals surface area contributed by atoms with Crippen molar-refractivity contribution in [2.75, 3.05) is 12.1 Å². The number of Topliss-reactive ketones (excluding diaryl/α,β-unsaturated/α-hetero) is 1. The molecule has 0 heterocycles. The summed E-state index contributed by atoms with van der Waals surface area (Å²) in [5.41, 5.74) is 3.35. The molecule has 5 nitrogen and oxygen atoms in total. The van der Waals surface area contributed by atoms with Crippen LogP contribution in [0.25, 0.3) is 0 Å². The minimum Gasteiger partial charge on any atom is -0.433 e. The van der Waals surface area contributed by atoms with Gasteiger partial charge in [0.2, 0.25) is 0 Å². The largest absolute Gasteiger partial charge is 0.533 e. The summed E-state index contributed by atoms with van der Waals surface area (Å²) in [6.45, 7) is 3.68. The van der Waals surface area contributed by atoms with Crippen molar-refractivity contribution in [3.8, 4) is 0 Å². The molecule has 0 saturated heterocycles. The molecule has 0 saturated carbocycles. The molecule has 0 fully saturated rings. The molecule has 92 valence electrons. The van der Waals surface area contributed by atoms with E-state index in [0.717, 1.165) is 0 Å². The molecular weight excluding hydrogens is 222 g/mol. The van der Waals surface area contributed by atoms with Crippen LogP contribution < -0.4 is 5.48 Å². The van der Waals surface area contributed by atoms with Crippen molar-refractivity contribution < 1.29 is 19.2 Å². The highest BCUT2D eigenvalue weighted by molar-refractivity contribution is 6.00. The Morgan fingerprint density at radius 2 is 1.94 bits per heavy atom. The van der Waals surface area contributed by atoms with Crippen molar-refractivity contribution in [3.63, 3.8) is 0 Å². The Bertz CT molecular complexity index is 403. The Kier molecular flexibility index (Phi) is 5.00. The van der Waals surface area contributed by atoms with Crippen LogP contribution in [0.3, 0.4) is 0 Å². The average Bonchev–Trinajstić information content (AvgIpc) is 2.36. The first-order chi connectivity index (χ1) is 8.19. The van der Waals surface area contributed by atoms with E-state index in [4.69, 9.17) is 0 Å². The van der Waals surface area contributed by atoms with Gasteiger partial charge in [0.1, 0.15) is 0 Å². The number of benzene rings is 1. The van der Waals surface area contributed by atoms with Crippen molar-refractivity contribution in [1.29, 1.82) is 0 Å². The number of carbonyl (C=O) groups is 2. The van der Waals surface area contributed by atoms with E-state index in [9.17, 15) is 9.59 Å². The molecule has 0 amide bonds. The zero-order chi connectivity index (χ0) is 12.7. The SMILES string of the molecule is CCOC(=O)ONc1ccccc1C(=O)CC. The quantitative estimate of drug-likeness (QED) is 0.484. The maximum atomic E-state index is 11.6. The van der Waals surface area contributed by atoms with Gasteiger partial charge in [-0.2, -0.15) is 0 Å². The maximum absolute atomic E-state index is 11.6. The maximum Gasteiger partial charge on any atom is 0.533 e. The van der Waals surface area contributed by atoms with E-state index in [1.54, 1.807) is 38.1 Å². The summed E-state index contributed by atoms with van der Waals surface area (Å²) in [4.78, 5) is 27.2. The molecule has 0 aliphatic heterocycles. The highest BCUT2D eigenvalue weighted by Crippen LogP contribution is 2.16. The minimum absolute atomic E-state index is 0.0273. The molecular formula is C12H15NO4. The smallest absolute Gasteiger partial charge is 0.433 e. The third-order valence-corrected chi connectivity index (χ3v) is 2.06. The fraction of sp³-hybridized carbons (Fsp3) is 0.333. The molecule has 1 N–H and O–H groups in total. The number of carbonyl (C=O) groups excluding carboxylic acids is 2. The summed E-state index contributed by atoms with van der Waals surface area (Å²) in [5.74, 6) is -0.0273. The molecule has 5 heteroatoms. The number of rotatable bonds is 5. The summed E-state index contributed by atoms with van der Waals surface area (Å²) in [7, 11) is 0. The van der Waals surface area contributed by atoms with Gasteiger partial charge >= 0.3 is 6.16 Å². The molecule has 1 aromatic carbocycles. The third-order valence-electron chi connectivity index (χ3n) is 2.06. The lowest BCUT2D eigenvalue weighted by Gasteiger charge is -2.09. The van der Waals surface area contributed by atoms with Crippen molar-refractivity contribution >= 4 is 17.6 Å². The Hall–Kier alpha value is -2.04. The molecule has 0 bridgehead atoms. The number of anilines is 1. The van der Waals surface area contributed by atoms with E-state index in [0.29, 0.717) is 17.7 Å². The fourth-order valence-electron chi connectivity index (χ4n) is 1.25. The first kappa shape index (κ1) is 13.0. The van der Waals surface area contributed by atoms with Gasteiger partial charge in [-0.3, -0.25) is 4.79 Å². The second-order valence-electron chi connectivity index (χ2n) is 3.21. The molecule has 0 aliphatic rings. The van der Waals surface area contributed by atoms with Crippen molar-refractivity contribution in [2.45, 2.75) is 20.3 Å². The second-order valence-corrected chi connectivity index (χ2v) is 3.21. The summed E-state index contributed by atoms with van der Waals surface area (Å²) in [5, 5.41) is 0. The number of hydrogen-bond donors (Lipinski definition) is 1. The first-order valence-corrected chi connectivity index (χ1v) is 5.40. The number of hydrogen-bond acceptors (Lipinski definition) is 5. The summed E-state index contributed by atoms with van der Waals surface area (Å²) in [6.07, 6.45) is -0.441. The molecule has 1 rings (SSSR count). The molecule has 0 aliphatic carbocycles. The van der Waals surface area contributed by atoms with E-state index in [2.05, 4.69) is 15.1 Å². The first-order valence-electron chi connectivity index (χ1n) is 5.40. The fourth-order valence-corrected chi connectivity index (χ4v) is 1.25. The molecule has 0 aromatic heterocycles. The van der Waals surface area contributed by atoms with Crippen LogP contribution in [0, 0.1) is 0 Å². The van der Waals surface area contributed by atoms with E-state index in [1.807, 2.05) is 0 Å². The van der Waals surface area contributed by atoms with Gasteiger partial charge < -0.3 is 9.57 Å². The second kappa shape index (κ2) is 6.52.